The molecule has 0 radical (unpaired) electrons. The molecular formula is C19H22N2O6. The third-order valence-corrected chi connectivity index (χ3v) is 5.11. The van der Waals surface area contributed by atoms with Crippen LogP contribution >= 0.6 is 0 Å². The zero-order chi connectivity index (χ0) is 19.8. The number of esters is 1. The summed E-state index contributed by atoms with van der Waals surface area (Å²) >= 11 is 0. The second kappa shape index (κ2) is 6.94. The zero-order valence-electron chi connectivity index (χ0n) is 15.3. The highest BCUT2D eigenvalue weighted by Gasteiger charge is 2.66. The Morgan fingerprint density at radius 2 is 1.89 bits per heavy atom. The van der Waals surface area contributed by atoms with Gasteiger partial charge in [-0.2, -0.15) is 0 Å². The lowest BCUT2D eigenvalue weighted by molar-refractivity contribution is -0.384. The Labute approximate surface area is 156 Å². The number of carbonyl (C=O) groups is 1. The van der Waals surface area contributed by atoms with Crippen molar-refractivity contribution in [2.24, 2.45) is 0 Å². The van der Waals surface area contributed by atoms with Gasteiger partial charge < -0.3 is 14.9 Å². The van der Waals surface area contributed by atoms with Crippen LogP contribution in [0.25, 0.3) is 0 Å². The Hall–Kier alpha value is -3.03. The Morgan fingerprint density at radius 3 is 2.44 bits per heavy atom. The molecule has 1 aliphatic carbocycles. The normalized spacial score (nSPS) is 13.9. The summed E-state index contributed by atoms with van der Waals surface area (Å²) in [7, 11) is 1.20. The number of nitro groups is 1. The van der Waals surface area contributed by atoms with E-state index in [0.717, 1.165) is 25.7 Å². The Kier molecular flexibility index (Phi) is 4.82. The second-order valence-corrected chi connectivity index (χ2v) is 6.66. The first-order valence-electron chi connectivity index (χ1n) is 8.89. The van der Waals surface area contributed by atoms with Crippen molar-refractivity contribution >= 4 is 11.7 Å². The molecule has 0 bridgehead atoms. The monoisotopic (exact) mass is 374 g/mol. The molecule has 0 fully saturated rings. The summed E-state index contributed by atoms with van der Waals surface area (Å²) in [4.78, 5) is 23.1. The molecule has 0 unspecified atom stereocenters. The Morgan fingerprint density at radius 1 is 1.22 bits per heavy atom. The van der Waals surface area contributed by atoms with Crippen molar-refractivity contribution < 1.29 is 24.7 Å². The molecule has 0 spiro atoms. The molecule has 0 aliphatic heterocycles. The number of ether oxygens (including phenoxy) is 1. The first-order chi connectivity index (χ1) is 12.9. The van der Waals surface area contributed by atoms with Gasteiger partial charge >= 0.3 is 5.97 Å². The van der Waals surface area contributed by atoms with Crippen LogP contribution in [-0.2, 0) is 21.5 Å². The minimum atomic E-state index is -1.49. The molecule has 0 amide bonds. The molecular weight excluding hydrogens is 352 g/mol. The number of rotatable bonds is 8. The molecule has 0 atom stereocenters. The van der Waals surface area contributed by atoms with Gasteiger partial charge in [-0.1, -0.05) is 38.3 Å². The maximum absolute atomic E-state index is 12.6. The van der Waals surface area contributed by atoms with Crippen LogP contribution in [-0.4, -0.2) is 32.8 Å². The average Bonchev–Trinajstić information content (AvgIpc) is 3.31. The number of aromatic nitrogens is 1. The van der Waals surface area contributed by atoms with Gasteiger partial charge in [0.2, 0.25) is 0 Å². The molecule has 0 saturated carbocycles. The maximum Gasteiger partial charge on any atom is 0.325 e. The van der Waals surface area contributed by atoms with Gasteiger partial charge in [-0.25, -0.2) is 0 Å². The number of non-ortho nitro benzene ring substituents is 1. The van der Waals surface area contributed by atoms with Gasteiger partial charge in [0.15, 0.2) is 17.2 Å². The molecule has 0 saturated heterocycles. The number of hydrogen-bond acceptors (Lipinski definition) is 6. The maximum atomic E-state index is 12.6. The van der Waals surface area contributed by atoms with E-state index in [4.69, 9.17) is 4.74 Å². The third-order valence-electron chi connectivity index (χ3n) is 5.11. The number of nitrogens with zero attached hydrogens (tertiary/aromatic N) is 2. The van der Waals surface area contributed by atoms with Crippen LogP contribution in [0.15, 0.2) is 24.3 Å². The lowest BCUT2D eigenvalue weighted by atomic mass is 9.90. The predicted octanol–water partition coefficient (Wildman–Crippen LogP) is 3.21. The van der Waals surface area contributed by atoms with Gasteiger partial charge in [0.1, 0.15) is 0 Å². The largest absolute Gasteiger partial charge is 0.494 e. The smallest absolute Gasteiger partial charge is 0.325 e. The van der Waals surface area contributed by atoms with E-state index < -0.39 is 16.3 Å². The summed E-state index contributed by atoms with van der Waals surface area (Å²) in [5.74, 6) is -1.09. The number of carbonyl (C=O) groups excluding carboxylic acids is 1. The summed E-state index contributed by atoms with van der Waals surface area (Å²) in [6, 6.07) is 5.59. The highest BCUT2D eigenvalue weighted by atomic mass is 16.6. The SMILES string of the molecule is CCCCCCn1c(O)c2c(c1O)C2(C(=O)OC)c1cccc([N+](=O)[O-])c1. The van der Waals surface area contributed by atoms with Gasteiger partial charge in [-0.05, 0) is 12.0 Å². The fourth-order valence-corrected chi connectivity index (χ4v) is 3.74. The lowest BCUT2D eigenvalue weighted by Crippen LogP contribution is -2.26. The molecule has 1 aromatic heterocycles. The summed E-state index contributed by atoms with van der Waals surface area (Å²) < 4.78 is 6.27. The minimum Gasteiger partial charge on any atom is -0.494 e. The molecule has 3 rings (SSSR count). The van der Waals surface area contributed by atoms with Crippen molar-refractivity contribution in [3.8, 4) is 11.8 Å². The highest BCUT2D eigenvalue weighted by molar-refractivity contribution is 6.04. The van der Waals surface area contributed by atoms with Gasteiger partial charge in [0.25, 0.3) is 5.69 Å². The molecule has 8 nitrogen and oxygen atoms in total. The van der Waals surface area contributed by atoms with E-state index in [0.29, 0.717) is 6.54 Å². The summed E-state index contributed by atoms with van der Waals surface area (Å²) in [5, 5.41) is 32.3. The minimum absolute atomic E-state index is 0.183. The quantitative estimate of drug-likeness (QED) is 0.317. The Bertz CT molecular complexity index is 874. The highest BCUT2D eigenvalue weighted by Crippen LogP contribution is 2.65. The average molecular weight is 374 g/mol. The summed E-state index contributed by atoms with van der Waals surface area (Å²) in [5.41, 5.74) is -0.880. The van der Waals surface area contributed by atoms with E-state index in [9.17, 15) is 25.1 Å². The number of hydrogen-bond donors (Lipinski definition) is 2. The van der Waals surface area contributed by atoms with Gasteiger partial charge in [0.05, 0.1) is 12.0 Å². The van der Waals surface area contributed by atoms with Crippen molar-refractivity contribution in [2.45, 2.75) is 44.6 Å². The van der Waals surface area contributed by atoms with Crippen LogP contribution < -0.4 is 0 Å². The number of unbranched alkanes of at least 4 members (excludes halogenated alkanes) is 3. The number of benzene rings is 1. The number of nitro benzene ring substituents is 1. The molecule has 8 heteroatoms. The molecule has 27 heavy (non-hydrogen) atoms. The van der Waals surface area contributed by atoms with Crippen LogP contribution in [0, 0.1) is 10.1 Å². The third kappa shape index (κ3) is 2.72. The van der Waals surface area contributed by atoms with Gasteiger partial charge in [-0.3, -0.25) is 19.5 Å². The summed E-state index contributed by atoms with van der Waals surface area (Å²) in [6.07, 6.45) is 3.87. The second-order valence-electron chi connectivity index (χ2n) is 6.66. The van der Waals surface area contributed by atoms with Crippen LogP contribution in [0.5, 0.6) is 11.8 Å². The van der Waals surface area contributed by atoms with Crippen molar-refractivity contribution in [1.82, 2.24) is 4.57 Å². The molecule has 1 aliphatic rings. The standard InChI is InChI=1S/C19H22N2O6/c1-3-4-5-6-10-20-16(22)14-15(17(20)23)19(14,18(24)27-2)12-8-7-9-13(11-12)21(25)26/h7-9,11,22-23H,3-6,10H2,1-2H3. The number of aromatic hydroxyl groups is 2. The van der Waals surface area contributed by atoms with Crippen molar-refractivity contribution in [1.29, 1.82) is 0 Å². The van der Waals surface area contributed by atoms with Crippen molar-refractivity contribution in [3.63, 3.8) is 0 Å². The topological polar surface area (TPSA) is 115 Å². The molecule has 1 aromatic carbocycles. The van der Waals surface area contributed by atoms with E-state index >= 15 is 0 Å². The van der Waals surface area contributed by atoms with Crippen molar-refractivity contribution in [2.75, 3.05) is 7.11 Å². The molecule has 144 valence electrons. The first kappa shape index (κ1) is 18.8. The van der Waals surface area contributed by atoms with E-state index in [1.165, 1.54) is 29.9 Å². The van der Waals surface area contributed by atoms with E-state index in [1.807, 2.05) is 0 Å². The summed E-state index contributed by atoms with van der Waals surface area (Å²) in [6.45, 7) is 2.52. The molecule has 1 heterocycles. The fraction of sp³-hybridized carbons (Fsp3) is 0.421. The lowest BCUT2D eigenvalue weighted by Gasteiger charge is -2.19. The van der Waals surface area contributed by atoms with Gasteiger partial charge in [-0.15, -0.1) is 0 Å². The Balaban J connectivity index is 2.01. The number of methoxy groups -OCH3 is 1. The van der Waals surface area contributed by atoms with E-state index in [-0.39, 0.29) is 34.1 Å². The molecule has 2 N–H and O–H groups in total. The van der Waals surface area contributed by atoms with Crippen molar-refractivity contribution in [3.05, 3.63) is 51.1 Å². The van der Waals surface area contributed by atoms with Crippen LogP contribution in [0.4, 0.5) is 5.69 Å². The van der Waals surface area contributed by atoms with Crippen LogP contribution in [0.3, 0.4) is 0 Å². The van der Waals surface area contributed by atoms with E-state index in [2.05, 4.69) is 6.92 Å². The predicted molar refractivity (Wildman–Crippen MR) is 96.9 cm³/mol. The van der Waals surface area contributed by atoms with Crippen LogP contribution in [0.2, 0.25) is 0 Å². The van der Waals surface area contributed by atoms with Gasteiger partial charge in [0, 0.05) is 29.8 Å². The molecule has 2 aromatic rings. The zero-order valence-corrected chi connectivity index (χ0v) is 15.3. The van der Waals surface area contributed by atoms with Crippen LogP contribution in [0.1, 0.15) is 49.3 Å². The van der Waals surface area contributed by atoms with E-state index in [1.54, 1.807) is 6.07 Å². The fourth-order valence-electron chi connectivity index (χ4n) is 3.74. The first-order valence-corrected chi connectivity index (χ1v) is 8.89. The number of fused-ring (bicyclic) bond motifs is 1.